The van der Waals surface area contributed by atoms with Crippen molar-refractivity contribution in [2.75, 3.05) is 19.7 Å². The van der Waals surface area contributed by atoms with Crippen molar-refractivity contribution in [1.82, 2.24) is 21.3 Å². The minimum Gasteiger partial charge on any atom is -0.394 e. The van der Waals surface area contributed by atoms with E-state index in [1.165, 1.54) is 51.0 Å². The van der Waals surface area contributed by atoms with Crippen molar-refractivity contribution in [3.63, 3.8) is 0 Å². The number of allylic oxidation sites excluding steroid dienone is 1. The van der Waals surface area contributed by atoms with E-state index in [2.05, 4.69) is 28.2 Å². The summed E-state index contributed by atoms with van der Waals surface area (Å²) in [5, 5.41) is 20.2. The topological polar surface area (TPSA) is 137 Å². The second-order valence-electron chi connectivity index (χ2n) is 9.82. The molecule has 9 nitrogen and oxygen atoms in total. The van der Waals surface area contributed by atoms with Gasteiger partial charge >= 0.3 is 6.03 Å². The number of urea groups is 1. The molecule has 0 saturated heterocycles. The summed E-state index contributed by atoms with van der Waals surface area (Å²) in [7, 11) is 0. The number of amides is 4. The number of aliphatic hydroxyl groups excluding tert-OH is 1. The number of aliphatic hydroxyl groups is 1. The number of hydrogen-bond donors (Lipinski definition) is 5. The molecule has 9 heteroatoms. The maximum absolute atomic E-state index is 12.8. The number of hydrogen-bond acceptors (Lipinski definition) is 5. The van der Waals surface area contributed by atoms with Crippen LogP contribution in [0.25, 0.3) is 0 Å². The molecule has 0 saturated carbocycles. The minimum atomic E-state index is -1.17. The Hall–Kier alpha value is -2.68. The van der Waals surface area contributed by atoms with Crippen LogP contribution in [0.4, 0.5) is 4.79 Å². The fraction of sp³-hybridized carbons (Fsp3) is 0.714. The van der Waals surface area contributed by atoms with Crippen LogP contribution in [-0.2, 0) is 14.4 Å². The van der Waals surface area contributed by atoms with Gasteiger partial charge in [-0.25, -0.2) is 4.79 Å². The van der Waals surface area contributed by atoms with Crippen LogP contribution in [0.2, 0.25) is 0 Å². The van der Waals surface area contributed by atoms with Gasteiger partial charge < -0.3 is 26.4 Å². The van der Waals surface area contributed by atoms with Crippen LogP contribution in [0.5, 0.6) is 0 Å². The van der Waals surface area contributed by atoms with E-state index in [9.17, 15) is 24.3 Å². The molecule has 4 amide bonds. The molecule has 3 atom stereocenters. The summed E-state index contributed by atoms with van der Waals surface area (Å²) in [6, 6.07) is -2.59. The molecule has 0 fully saturated rings. The molecule has 1 rings (SSSR count). The van der Waals surface area contributed by atoms with Crippen molar-refractivity contribution in [3.8, 4) is 0 Å². The summed E-state index contributed by atoms with van der Waals surface area (Å²) < 4.78 is 0. The number of rotatable bonds is 15. The third-order valence-electron chi connectivity index (χ3n) is 6.30. The van der Waals surface area contributed by atoms with Gasteiger partial charge in [0.2, 0.25) is 11.8 Å². The highest BCUT2D eigenvalue weighted by molar-refractivity contribution is 5.94. The zero-order valence-corrected chi connectivity index (χ0v) is 22.7. The number of ketones is 1. The molecule has 1 unspecified atom stereocenters. The Labute approximate surface area is 222 Å². The molecule has 0 bridgehead atoms. The number of carbonyl (C=O) groups excluding carboxylic acids is 4. The van der Waals surface area contributed by atoms with E-state index < -0.39 is 30.6 Å². The lowest BCUT2D eigenvalue weighted by atomic mass is 9.98. The maximum Gasteiger partial charge on any atom is 0.315 e. The van der Waals surface area contributed by atoms with E-state index in [4.69, 9.17) is 0 Å². The van der Waals surface area contributed by atoms with E-state index in [-0.39, 0.29) is 24.0 Å². The normalized spacial score (nSPS) is 21.1. The van der Waals surface area contributed by atoms with Gasteiger partial charge in [0.25, 0.3) is 0 Å². The summed E-state index contributed by atoms with van der Waals surface area (Å²) in [5.41, 5.74) is 0. The third-order valence-corrected chi connectivity index (χ3v) is 6.30. The lowest BCUT2D eigenvalue weighted by Gasteiger charge is -2.21. The number of Topliss-reactive ketones (excluding diaryl/α,β-unsaturated/α-hetero) is 1. The quantitative estimate of drug-likeness (QED) is 0.167. The van der Waals surface area contributed by atoms with E-state index >= 15 is 0 Å². The molecular weight excluding hydrogens is 472 g/mol. The Morgan fingerprint density at radius 3 is 2.32 bits per heavy atom. The number of carbonyl (C=O) groups is 4. The molecule has 0 radical (unpaired) electrons. The first kappa shape index (κ1) is 32.3. The predicted octanol–water partition coefficient (Wildman–Crippen LogP) is 3.28. The Balaban J connectivity index is 2.39. The molecule has 0 aliphatic carbocycles. The van der Waals surface area contributed by atoms with Crippen LogP contribution < -0.4 is 21.3 Å². The molecule has 1 aliphatic rings. The minimum absolute atomic E-state index is 0.135. The molecule has 210 valence electrons. The second kappa shape index (κ2) is 20.4. The van der Waals surface area contributed by atoms with E-state index in [0.29, 0.717) is 19.5 Å². The molecule has 0 aromatic carbocycles. The van der Waals surface area contributed by atoms with Gasteiger partial charge in [-0.3, -0.25) is 14.4 Å². The second-order valence-corrected chi connectivity index (χ2v) is 9.82. The van der Waals surface area contributed by atoms with Crippen molar-refractivity contribution in [2.45, 2.75) is 103 Å². The lowest BCUT2D eigenvalue weighted by molar-refractivity contribution is -0.128. The van der Waals surface area contributed by atoms with Crippen LogP contribution in [0.3, 0.4) is 0 Å². The van der Waals surface area contributed by atoms with Gasteiger partial charge in [0.05, 0.1) is 6.61 Å². The first-order chi connectivity index (χ1) is 17.9. The SMILES string of the molecule is CCCCCCCCCCCCNC(=O)NC(CO)C(=O)N[C@H]1/C=C/CCNC(=O)/C=C/[C@H](C)CC1=O. The van der Waals surface area contributed by atoms with Gasteiger partial charge in [-0.05, 0) is 24.8 Å². The molecule has 1 heterocycles. The highest BCUT2D eigenvalue weighted by Gasteiger charge is 2.25. The van der Waals surface area contributed by atoms with E-state index in [1.54, 1.807) is 18.2 Å². The summed E-state index contributed by atoms with van der Waals surface area (Å²) >= 11 is 0. The van der Waals surface area contributed by atoms with Crippen molar-refractivity contribution >= 4 is 23.6 Å². The maximum atomic E-state index is 12.8. The monoisotopic (exact) mass is 520 g/mol. The van der Waals surface area contributed by atoms with Gasteiger partial charge in [-0.1, -0.05) is 89.9 Å². The van der Waals surface area contributed by atoms with Crippen LogP contribution in [0.15, 0.2) is 24.3 Å². The van der Waals surface area contributed by atoms with Gasteiger partial charge in [0.15, 0.2) is 5.78 Å². The highest BCUT2D eigenvalue weighted by atomic mass is 16.3. The predicted molar refractivity (Wildman–Crippen MR) is 146 cm³/mol. The van der Waals surface area contributed by atoms with E-state index in [1.807, 2.05) is 6.92 Å². The first-order valence-corrected chi connectivity index (χ1v) is 14.0. The van der Waals surface area contributed by atoms with Crippen molar-refractivity contribution in [2.24, 2.45) is 5.92 Å². The molecular formula is C28H48N4O5. The van der Waals surface area contributed by atoms with Crippen LogP contribution in [0, 0.1) is 5.92 Å². The zero-order chi connectivity index (χ0) is 27.3. The van der Waals surface area contributed by atoms with Gasteiger partial charge in [-0.2, -0.15) is 0 Å². The number of unbranched alkanes of at least 4 members (excludes halogenated alkanes) is 9. The highest BCUT2D eigenvalue weighted by Crippen LogP contribution is 2.11. The molecule has 0 spiro atoms. The average Bonchev–Trinajstić information content (AvgIpc) is 2.87. The summed E-state index contributed by atoms with van der Waals surface area (Å²) in [4.78, 5) is 49.4. The molecule has 0 aromatic heterocycles. The number of nitrogens with one attached hydrogen (secondary N) is 4. The summed E-state index contributed by atoms with van der Waals surface area (Å²) in [6.45, 7) is 4.34. The van der Waals surface area contributed by atoms with Crippen LogP contribution in [0.1, 0.15) is 90.9 Å². The Morgan fingerprint density at radius 2 is 1.68 bits per heavy atom. The smallest absolute Gasteiger partial charge is 0.315 e. The van der Waals surface area contributed by atoms with Gasteiger partial charge in [-0.15, -0.1) is 0 Å². The van der Waals surface area contributed by atoms with Crippen molar-refractivity contribution < 1.29 is 24.3 Å². The Bertz CT molecular complexity index is 753. The molecule has 37 heavy (non-hydrogen) atoms. The zero-order valence-electron chi connectivity index (χ0n) is 22.7. The van der Waals surface area contributed by atoms with E-state index in [0.717, 1.165) is 19.3 Å². The van der Waals surface area contributed by atoms with Gasteiger partial charge in [0.1, 0.15) is 12.1 Å². The van der Waals surface area contributed by atoms with Gasteiger partial charge in [0, 0.05) is 19.5 Å². The molecule has 1 aliphatic heterocycles. The lowest BCUT2D eigenvalue weighted by Crippen LogP contribution is -2.54. The van der Waals surface area contributed by atoms with Crippen molar-refractivity contribution in [3.05, 3.63) is 24.3 Å². The standard InChI is InChI=1S/C28H48N4O5/c1-3-4-5-6-7-8-9-10-11-13-19-30-28(37)32-24(21-33)27(36)31-23-15-12-14-18-29-26(35)17-16-22(2)20-25(23)34/h12,15-17,22-24,33H,3-11,13-14,18-21H2,1-2H3,(H,29,35)(H,31,36)(H2,30,32,37)/b15-12+,17-16+/t22-,23-,24?/m0/s1. The Kier molecular flexibility index (Phi) is 17.8. The largest absolute Gasteiger partial charge is 0.394 e. The van der Waals surface area contributed by atoms with Crippen molar-refractivity contribution in [1.29, 1.82) is 0 Å². The Morgan fingerprint density at radius 1 is 1.03 bits per heavy atom. The third kappa shape index (κ3) is 15.9. The average molecular weight is 521 g/mol. The fourth-order valence-electron chi connectivity index (χ4n) is 4.04. The summed E-state index contributed by atoms with van der Waals surface area (Å²) in [6.07, 6.45) is 19.0. The molecule has 5 N–H and O–H groups in total. The summed E-state index contributed by atoms with van der Waals surface area (Å²) in [5.74, 6) is -1.25. The van der Waals surface area contributed by atoms with Crippen LogP contribution >= 0.6 is 0 Å². The first-order valence-electron chi connectivity index (χ1n) is 14.0. The fourth-order valence-corrected chi connectivity index (χ4v) is 4.04. The molecule has 0 aromatic rings. The van der Waals surface area contributed by atoms with Crippen LogP contribution in [-0.4, -0.2) is 60.5 Å².